The van der Waals surface area contributed by atoms with Gasteiger partial charge >= 0.3 is 5.97 Å². The summed E-state index contributed by atoms with van der Waals surface area (Å²) in [7, 11) is 1.30. The minimum Gasteiger partial charge on any atom is -0.479 e. The topological polar surface area (TPSA) is 115 Å². The number of hydrogen-bond donors (Lipinski definition) is 2. The number of carboxylic acids is 1. The molecule has 0 bridgehead atoms. The molecular weight excluding hydrogens is 278 g/mol. The van der Waals surface area contributed by atoms with Crippen molar-refractivity contribution in [3.63, 3.8) is 0 Å². The zero-order chi connectivity index (χ0) is 15.4. The summed E-state index contributed by atoms with van der Waals surface area (Å²) in [6.45, 7) is 0.0427. The van der Waals surface area contributed by atoms with Crippen molar-refractivity contribution in [1.29, 1.82) is 0 Å². The highest BCUT2D eigenvalue weighted by molar-refractivity contribution is 5.99. The summed E-state index contributed by atoms with van der Waals surface area (Å²) in [5.74, 6) is -1.09. The first-order chi connectivity index (χ1) is 10.0. The molecule has 0 aliphatic carbocycles. The minimum absolute atomic E-state index is 0.0427. The molecule has 1 aromatic carbocycles. The van der Waals surface area contributed by atoms with Crippen molar-refractivity contribution in [3.8, 4) is 0 Å². The van der Waals surface area contributed by atoms with E-state index in [1.165, 1.54) is 31.6 Å². The summed E-state index contributed by atoms with van der Waals surface area (Å²) in [4.78, 5) is 25.3. The molecule has 0 saturated heterocycles. The van der Waals surface area contributed by atoms with Crippen molar-refractivity contribution < 1.29 is 19.6 Å². The highest BCUT2D eigenvalue weighted by Crippen LogP contribution is 2.30. The Balaban J connectivity index is 2.35. The van der Waals surface area contributed by atoms with Crippen LogP contribution in [0.1, 0.15) is 0 Å². The van der Waals surface area contributed by atoms with Gasteiger partial charge in [0, 0.05) is 36.6 Å². The van der Waals surface area contributed by atoms with Gasteiger partial charge in [0.15, 0.2) is 6.10 Å². The number of anilines is 1. The van der Waals surface area contributed by atoms with Crippen LogP contribution in [-0.2, 0) is 9.53 Å². The van der Waals surface area contributed by atoms with E-state index in [0.717, 1.165) is 0 Å². The van der Waals surface area contributed by atoms with Gasteiger partial charge in [0.2, 0.25) is 0 Å². The smallest absolute Gasteiger partial charge is 0.334 e. The molecule has 1 heterocycles. The number of rotatable bonds is 6. The number of non-ortho nitro benzene ring substituents is 1. The number of methoxy groups -OCH3 is 1. The fraction of sp³-hybridized carbons (Fsp3) is 0.231. The average molecular weight is 291 g/mol. The summed E-state index contributed by atoms with van der Waals surface area (Å²) in [5, 5.41) is 23.8. The number of pyridine rings is 1. The fourth-order valence-corrected chi connectivity index (χ4v) is 1.96. The van der Waals surface area contributed by atoms with Gasteiger partial charge in [-0.05, 0) is 12.1 Å². The lowest BCUT2D eigenvalue weighted by molar-refractivity contribution is -0.383. The van der Waals surface area contributed by atoms with E-state index in [0.29, 0.717) is 16.5 Å². The SMILES string of the molecule is COC(CNc1ccc([N+](=O)[O-])c2cnccc12)C(=O)O. The number of carbonyl (C=O) groups is 1. The number of hydrogen-bond acceptors (Lipinski definition) is 6. The number of nitrogens with zero attached hydrogens (tertiary/aromatic N) is 2. The van der Waals surface area contributed by atoms with Crippen molar-refractivity contribution in [2.75, 3.05) is 19.0 Å². The minimum atomic E-state index is -1.09. The highest BCUT2D eigenvalue weighted by atomic mass is 16.6. The van der Waals surface area contributed by atoms with Crippen LogP contribution in [0.5, 0.6) is 0 Å². The van der Waals surface area contributed by atoms with E-state index in [1.54, 1.807) is 6.07 Å². The Morgan fingerprint density at radius 3 is 2.86 bits per heavy atom. The quantitative estimate of drug-likeness (QED) is 0.614. The molecule has 0 aliphatic heterocycles. The summed E-state index contributed by atoms with van der Waals surface area (Å²) in [6.07, 6.45) is 1.92. The summed E-state index contributed by atoms with van der Waals surface area (Å²) < 4.78 is 4.82. The van der Waals surface area contributed by atoms with Crippen LogP contribution in [-0.4, -0.2) is 40.7 Å². The van der Waals surface area contributed by atoms with Crippen molar-refractivity contribution in [2.24, 2.45) is 0 Å². The molecule has 1 atom stereocenters. The Morgan fingerprint density at radius 1 is 1.48 bits per heavy atom. The Bertz CT molecular complexity index is 689. The monoisotopic (exact) mass is 291 g/mol. The van der Waals surface area contributed by atoms with Crippen LogP contribution >= 0.6 is 0 Å². The number of aromatic nitrogens is 1. The number of nitrogens with one attached hydrogen (secondary N) is 1. The van der Waals surface area contributed by atoms with Crippen molar-refractivity contribution in [1.82, 2.24) is 4.98 Å². The fourth-order valence-electron chi connectivity index (χ4n) is 1.96. The van der Waals surface area contributed by atoms with E-state index >= 15 is 0 Å². The summed E-state index contributed by atoms with van der Waals surface area (Å²) in [6, 6.07) is 4.53. The average Bonchev–Trinajstić information content (AvgIpc) is 2.47. The Hall–Kier alpha value is -2.74. The van der Waals surface area contributed by atoms with Crippen LogP contribution in [0.3, 0.4) is 0 Å². The van der Waals surface area contributed by atoms with Crippen LogP contribution in [0.2, 0.25) is 0 Å². The van der Waals surface area contributed by atoms with Gasteiger partial charge in [-0.15, -0.1) is 0 Å². The molecular formula is C13H13N3O5. The molecule has 0 amide bonds. The van der Waals surface area contributed by atoms with E-state index in [1.807, 2.05) is 0 Å². The number of aliphatic carboxylic acids is 1. The number of carboxylic acid groups (broad SMARTS) is 1. The molecule has 21 heavy (non-hydrogen) atoms. The van der Waals surface area contributed by atoms with Crippen molar-refractivity contribution >= 4 is 28.1 Å². The first kappa shape index (κ1) is 14.7. The van der Waals surface area contributed by atoms with Crippen LogP contribution in [0.4, 0.5) is 11.4 Å². The molecule has 2 rings (SSSR count). The Morgan fingerprint density at radius 2 is 2.24 bits per heavy atom. The predicted molar refractivity (Wildman–Crippen MR) is 75.3 cm³/mol. The van der Waals surface area contributed by atoms with Gasteiger partial charge in [0.25, 0.3) is 5.69 Å². The zero-order valence-electron chi connectivity index (χ0n) is 11.1. The van der Waals surface area contributed by atoms with Crippen molar-refractivity contribution in [2.45, 2.75) is 6.10 Å². The number of nitro groups is 1. The first-order valence-electron chi connectivity index (χ1n) is 6.05. The van der Waals surface area contributed by atoms with Gasteiger partial charge in [0.1, 0.15) is 0 Å². The third-order valence-corrected chi connectivity index (χ3v) is 3.03. The zero-order valence-corrected chi connectivity index (χ0v) is 11.1. The van der Waals surface area contributed by atoms with Crippen LogP contribution < -0.4 is 5.32 Å². The highest BCUT2D eigenvalue weighted by Gasteiger charge is 2.18. The van der Waals surface area contributed by atoms with Crippen LogP contribution in [0.15, 0.2) is 30.6 Å². The maximum absolute atomic E-state index is 11.0. The number of nitro benzene ring substituents is 1. The Kier molecular flexibility index (Phi) is 4.29. The molecule has 8 heteroatoms. The van der Waals surface area contributed by atoms with Gasteiger partial charge in [-0.3, -0.25) is 15.1 Å². The maximum Gasteiger partial charge on any atom is 0.334 e. The lowest BCUT2D eigenvalue weighted by atomic mass is 10.1. The van der Waals surface area contributed by atoms with Crippen molar-refractivity contribution in [3.05, 3.63) is 40.7 Å². The standard InChI is InChI=1S/C13H13N3O5/c1-21-12(13(17)18)7-15-10-2-3-11(16(19)20)9-6-14-5-4-8(9)10/h2-6,12,15H,7H2,1H3,(H,17,18). The van der Waals surface area contributed by atoms with Crippen LogP contribution in [0, 0.1) is 10.1 Å². The molecule has 0 saturated carbocycles. The summed E-state index contributed by atoms with van der Waals surface area (Å²) in [5.41, 5.74) is 0.534. The first-order valence-corrected chi connectivity index (χ1v) is 6.05. The second-order valence-corrected chi connectivity index (χ2v) is 4.25. The predicted octanol–water partition coefficient (Wildman–Crippen LogP) is 1.65. The summed E-state index contributed by atoms with van der Waals surface area (Å²) >= 11 is 0. The molecule has 0 radical (unpaired) electrons. The maximum atomic E-state index is 11.0. The normalized spacial score (nSPS) is 12.0. The molecule has 8 nitrogen and oxygen atoms in total. The van der Waals surface area contributed by atoms with E-state index in [2.05, 4.69) is 10.3 Å². The van der Waals surface area contributed by atoms with Gasteiger partial charge in [-0.25, -0.2) is 4.79 Å². The van der Waals surface area contributed by atoms with Gasteiger partial charge in [0.05, 0.1) is 16.9 Å². The van der Waals surface area contributed by atoms with Gasteiger partial charge in [-0.2, -0.15) is 0 Å². The number of benzene rings is 1. The molecule has 0 aliphatic rings. The molecule has 2 aromatic rings. The molecule has 0 fully saturated rings. The number of fused-ring (bicyclic) bond motifs is 1. The van der Waals surface area contributed by atoms with E-state index in [9.17, 15) is 14.9 Å². The van der Waals surface area contributed by atoms with E-state index in [-0.39, 0.29) is 12.2 Å². The lowest BCUT2D eigenvalue weighted by Crippen LogP contribution is -2.30. The molecule has 110 valence electrons. The van der Waals surface area contributed by atoms with E-state index < -0.39 is 17.0 Å². The molecule has 0 spiro atoms. The second-order valence-electron chi connectivity index (χ2n) is 4.25. The molecule has 1 unspecified atom stereocenters. The Labute approximate surface area is 119 Å². The van der Waals surface area contributed by atoms with Gasteiger partial charge in [-0.1, -0.05) is 0 Å². The molecule has 1 aromatic heterocycles. The third-order valence-electron chi connectivity index (χ3n) is 3.03. The van der Waals surface area contributed by atoms with Gasteiger partial charge < -0.3 is 15.2 Å². The van der Waals surface area contributed by atoms with Crippen LogP contribution in [0.25, 0.3) is 10.8 Å². The van der Waals surface area contributed by atoms with E-state index in [4.69, 9.17) is 9.84 Å². The lowest BCUT2D eigenvalue weighted by Gasteiger charge is -2.14. The third kappa shape index (κ3) is 3.06. The second kappa shape index (κ2) is 6.14. The molecule has 2 N–H and O–H groups in total. The largest absolute Gasteiger partial charge is 0.479 e. The number of ether oxygens (including phenoxy) is 1.